The summed E-state index contributed by atoms with van der Waals surface area (Å²) in [7, 11) is 0. The van der Waals surface area contributed by atoms with Crippen molar-refractivity contribution in [3.05, 3.63) is 10.1 Å². The minimum Gasteiger partial charge on any atom is -0.298 e. The number of halogens is 1. The lowest BCUT2D eigenvalue weighted by atomic mass is 10.0. The quantitative estimate of drug-likeness (QED) is 0.616. The smallest absolute Gasteiger partial charge is 0.146 e. The Kier molecular flexibility index (Phi) is 3.84. The highest BCUT2D eigenvalue weighted by Crippen LogP contribution is 2.25. The minimum absolute atomic E-state index is 0.962. The van der Waals surface area contributed by atoms with Gasteiger partial charge in [-0.25, -0.2) is 0 Å². The lowest BCUT2D eigenvalue weighted by molar-refractivity contribution is -0.105. The van der Waals surface area contributed by atoms with Gasteiger partial charge in [-0.05, 0) is 25.7 Å². The molecule has 0 heterocycles. The zero-order valence-corrected chi connectivity index (χ0v) is 8.19. The van der Waals surface area contributed by atoms with Crippen LogP contribution in [0.4, 0.5) is 0 Å². The third-order valence-electron chi connectivity index (χ3n) is 2.08. The second-order valence-electron chi connectivity index (χ2n) is 2.96. The molecular formula is C9H13BrO. The molecule has 1 aliphatic rings. The van der Waals surface area contributed by atoms with Crippen LogP contribution in [0.5, 0.6) is 0 Å². The van der Waals surface area contributed by atoms with Crippen molar-refractivity contribution in [3.8, 4) is 0 Å². The monoisotopic (exact) mass is 216 g/mol. The van der Waals surface area contributed by atoms with Crippen LogP contribution in [0, 0.1) is 0 Å². The van der Waals surface area contributed by atoms with E-state index >= 15 is 0 Å². The summed E-state index contributed by atoms with van der Waals surface area (Å²) in [6.07, 6.45) is 7.98. The number of carbonyl (C=O) groups is 1. The molecule has 0 unspecified atom stereocenters. The molecule has 0 radical (unpaired) electrons. The van der Waals surface area contributed by atoms with E-state index in [1.807, 2.05) is 0 Å². The molecule has 0 atom stereocenters. The predicted octanol–water partition coefficient (Wildman–Crippen LogP) is 3.19. The Morgan fingerprint density at radius 3 is 2.36 bits per heavy atom. The lowest BCUT2D eigenvalue weighted by Gasteiger charge is -2.09. The van der Waals surface area contributed by atoms with Crippen molar-refractivity contribution in [1.29, 1.82) is 0 Å². The molecule has 2 heteroatoms. The number of hydrogen-bond donors (Lipinski definition) is 0. The molecule has 0 aromatic heterocycles. The van der Waals surface area contributed by atoms with Crippen LogP contribution in [0.25, 0.3) is 0 Å². The fraction of sp³-hybridized carbons (Fsp3) is 0.667. The Bertz CT molecular complexity index is 172. The molecule has 0 bridgehead atoms. The van der Waals surface area contributed by atoms with Gasteiger partial charge in [0.2, 0.25) is 0 Å². The highest BCUT2D eigenvalue weighted by Gasteiger charge is 2.06. The van der Waals surface area contributed by atoms with E-state index in [9.17, 15) is 4.79 Å². The first-order chi connectivity index (χ1) is 5.34. The molecule has 0 aromatic carbocycles. The molecule has 0 aromatic rings. The number of aldehydes is 1. The second-order valence-corrected chi connectivity index (χ2v) is 3.92. The van der Waals surface area contributed by atoms with E-state index in [4.69, 9.17) is 0 Å². The maximum atomic E-state index is 10.5. The molecule has 1 rings (SSSR count). The molecule has 0 saturated heterocycles. The highest BCUT2D eigenvalue weighted by atomic mass is 79.9. The van der Waals surface area contributed by atoms with Crippen molar-refractivity contribution in [2.45, 2.75) is 38.5 Å². The first kappa shape index (κ1) is 8.98. The summed E-state index contributed by atoms with van der Waals surface area (Å²) in [4.78, 5) is 10.5. The fourth-order valence-corrected chi connectivity index (χ4v) is 1.94. The second kappa shape index (κ2) is 4.70. The van der Waals surface area contributed by atoms with Crippen LogP contribution in [0.15, 0.2) is 10.1 Å². The summed E-state index contributed by atoms with van der Waals surface area (Å²) in [6.45, 7) is 0. The molecule has 0 amide bonds. The van der Waals surface area contributed by atoms with Gasteiger partial charge in [0.1, 0.15) is 6.29 Å². The average molecular weight is 217 g/mol. The van der Waals surface area contributed by atoms with E-state index in [0.717, 1.165) is 29.2 Å². The molecule has 11 heavy (non-hydrogen) atoms. The Morgan fingerprint density at radius 1 is 1.09 bits per heavy atom. The largest absolute Gasteiger partial charge is 0.298 e. The van der Waals surface area contributed by atoms with Gasteiger partial charge >= 0.3 is 0 Å². The van der Waals surface area contributed by atoms with E-state index < -0.39 is 0 Å². The van der Waals surface area contributed by atoms with Crippen LogP contribution in [-0.2, 0) is 4.79 Å². The van der Waals surface area contributed by atoms with Gasteiger partial charge in [0.15, 0.2) is 0 Å². The summed E-state index contributed by atoms with van der Waals surface area (Å²) in [6, 6.07) is 0. The molecular weight excluding hydrogens is 204 g/mol. The molecule has 0 aliphatic heterocycles. The van der Waals surface area contributed by atoms with Crippen molar-refractivity contribution in [1.82, 2.24) is 0 Å². The fourth-order valence-electron chi connectivity index (χ4n) is 1.37. The zero-order valence-electron chi connectivity index (χ0n) is 6.61. The maximum absolute atomic E-state index is 10.5. The van der Waals surface area contributed by atoms with Gasteiger partial charge in [-0.1, -0.05) is 28.8 Å². The van der Waals surface area contributed by atoms with Gasteiger partial charge in [-0.15, -0.1) is 0 Å². The van der Waals surface area contributed by atoms with Gasteiger partial charge < -0.3 is 0 Å². The third kappa shape index (κ3) is 2.78. The van der Waals surface area contributed by atoms with E-state index in [1.165, 1.54) is 25.7 Å². The molecule has 1 aliphatic carbocycles. The van der Waals surface area contributed by atoms with Crippen LogP contribution in [-0.4, -0.2) is 6.29 Å². The molecule has 0 fully saturated rings. The summed E-state index contributed by atoms with van der Waals surface area (Å²) < 4.78 is 1.13. The molecule has 0 saturated carbocycles. The average Bonchev–Trinajstić information content (AvgIpc) is 1.98. The molecule has 1 nitrogen and oxygen atoms in total. The third-order valence-corrected chi connectivity index (χ3v) is 2.99. The van der Waals surface area contributed by atoms with E-state index in [0.29, 0.717) is 0 Å². The normalized spacial score (nSPS) is 27.4. The van der Waals surface area contributed by atoms with E-state index in [1.54, 1.807) is 0 Å². The van der Waals surface area contributed by atoms with Gasteiger partial charge in [-0.3, -0.25) is 4.79 Å². The van der Waals surface area contributed by atoms with Crippen LogP contribution in [0.2, 0.25) is 0 Å². The van der Waals surface area contributed by atoms with Crippen LogP contribution in [0.3, 0.4) is 0 Å². The van der Waals surface area contributed by atoms with E-state index in [-0.39, 0.29) is 0 Å². The maximum Gasteiger partial charge on any atom is 0.146 e. The van der Waals surface area contributed by atoms with Crippen LogP contribution >= 0.6 is 15.9 Å². The summed E-state index contributed by atoms with van der Waals surface area (Å²) in [5.74, 6) is 0. The molecule has 62 valence electrons. The predicted molar refractivity (Wildman–Crippen MR) is 49.7 cm³/mol. The Labute approximate surface area is 76.0 Å². The van der Waals surface area contributed by atoms with Crippen molar-refractivity contribution >= 4 is 22.2 Å². The Balaban J connectivity index is 2.63. The summed E-state index contributed by atoms with van der Waals surface area (Å²) >= 11 is 3.45. The lowest BCUT2D eigenvalue weighted by Crippen LogP contribution is -1.94. The molecule has 0 spiro atoms. The minimum atomic E-state index is 0.962. The van der Waals surface area contributed by atoms with Crippen molar-refractivity contribution < 1.29 is 4.79 Å². The SMILES string of the molecule is O=C/C1=C(\Br)CCCCCC1. The number of allylic oxidation sites excluding steroid dienone is 2. The van der Waals surface area contributed by atoms with Crippen LogP contribution in [0.1, 0.15) is 38.5 Å². The van der Waals surface area contributed by atoms with Gasteiger partial charge in [0.25, 0.3) is 0 Å². The van der Waals surface area contributed by atoms with E-state index in [2.05, 4.69) is 15.9 Å². The van der Waals surface area contributed by atoms with Crippen molar-refractivity contribution in [2.24, 2.45) is 0 Å². The first-order valence-corrected chi connectivity index (χ1v) is 4.96. The summed E-state index contributed by atoms with van der Waals surface area (Å²) in [5, 5.41) is 0. The summed E-state index contributed by atoms with van der Waals surface area (Å²) in [5.41, 5.74) is 0.977. The zero-order chi connectivity index (χ0) is 8.10. The Morgan fingerprint density at radius 2 is 1.73 bits per heavy atom. The topological polar surface area (TPSA) is 17.1 Å². The highest BCUT2D eigenvalue weighted by molar-refractivity contribution is 9.11. The Hall–Kier alpha value is -0.110. The van der Waals surface area contributed by atoms with Gasteiger partial charge in [-0.2, -0.15) is 0 Å². The standard InChI is InChI=1S/C9H13BrO/c10-9-6-4-2-1-3-5-8(9)7-11/h7H,1-6H2/b9-8-. The number of rotatable bonds is 1. The first-order valence-electron chi connectivity index (χ1n) is 4.17. The number of hydrogen-bond acceptors (Lipinski definition) is 1. The van der Waals surface area contributed by atoms with Gasteiger partial charge in [0, 0.05) is 10.1 Å². The molecule has 0 N–H and O–H groups in total. The van der Waals surface area contributed by atoms with Crippen molar-refractivity contribution in [2.75, 3.05) is 0 Å². The van der Waals surface area contributed by atoms with Crippen molar-refractivity contribution in [3.63, 3.8) is 0 Å². The number of carbonyl (C=O) groups excluding carboxylic acids is 1. The van der Waals surface area contributed by atoms with Gasteiger partial charge in [0.05, 0.1) is 0 Å². The van der Waals surface area contributed by atoms with Crippen LogP contribution < -0.4 is 0 Å².